The first-order valence-corrected chi connectivity index (χ1v) is 5.45. The summed E-state index contributed by atoms with van der Waals surface area (Å²) in [6, 6.07) is 0. The number of hydrogen-bond donors (Lipinski definition) is 0. The van der Waals surface area contributed by atoms with E-state index in [1.807, 2.05) is 0 Å². The van der Waals surface area contributed by atoms with Crippen LogP contribution < -0.4 is 0 Å². The maximum absolute atomic E-state index is 1.56. The van der Waals surface area contributed by atoms with Crippen LogP contribution in [0.1, 0.15) is 57.8 Å². The fourth-order valence-electron chi connectivity index (χ4n) is 2.90. The summed E-state index contributed by atoms with van der Waals surface area (Å²) in [5.74, 6) is 2.25. The Labute approximate surface area is 70.4 Å². The Kier molecular flexibility index (Phi) is 2.50. The molecule has 0 aromatic carbocycles. The largest absolute Gasteiger partial charge is 0.0530 e. The molecular formula is C11H20. The average molecular weight is 152 g/mol. The zero-order valence-corrected chi connectivity index (χ0v) is 7.52. The van der Waals surface area contributed by atoms with Gasteiger partial charge in [0.05, 0.1) is 0 Å². The first-order valence-electron chi connectivity index (χ1n) is 5.45. The lowest BCUT2D eigenvalue weighted by Gasteiger charge is -2.19. The molecule has 2 atom stereocenters. The lowest BCUT2D eigenvalue weighted by atomic mass is 9.87. The van der Waals surface area contributed by atoms with Gasteiger partial charge in [0.25, 0.3) is 0 Å². The van der Waals surface area contributed by atoms with Gasteiger partial charge in [-0.1, -0.05) is 57.8 Å². The van der Waals surface area contributed by atoms with Gasteiger partial charge >= 0.3 is 0 Å². The van der Waals surface area contributed by atoms with E-state index >= 15 is 0 Å². The first-order chi connectivity index (χ1) is 5.45. The van der Waals surface area contributed by atoms with Gasteiger partial charge < -0.3 is 0 Å². The zero-order valence-electron chi connectivity index (χ0n) is 7.52. The van der Waals surface area contributed by atoms with E-state index in [1.165, 1.54) is 19.3 Å². The van der Waals surface area contributed by atoms with Gasteiger partial charge in [-0.3, -0.25) is 0 Å². The summed E-state index contributed by atoms with van der Waals surface area (Å²) < 4.78 is 0. The molecule has 2 saturated carbocycles. The van der Waals surface area contributed by atoms with Gasteiger partial charge in [0.15, 0.2) is 0 Å². The van der Waals surface area contributed by atoms with Crippen molar-refractivity contribution in [1.29, 1.82) is 0 Å². The van der Waals surface area contributed by atoms with Crippen molar-refractivity contribution in [1.82, 2.24) is 0 Å². The monoisotopic (exact) mass is 152 g/mol. The van der Waals surface area contributed by atoms with Crippen LogP contribution in [0.5, 0.6) is 0 Å². The summed E-state index contributed by atoms with van der Waals surface area (Å²) in [6.45, 7) is 0. The van der Waals surface area contributed by atoms with Crippen molar-refractivity contribution in [3.8, 4) is 0 Å². The van der Waals surface area contributed by atoms with Crippen LogP contribution in [0.15, 0.2) is 0 Å². The molecule has 2 bridgehead atoms. The molecule has 0 aromatic rings. The Morgan fingerprint density at radius 1 is 0.455 bits per heavy atom. The van der Waals surface area contributed by atoms with Crippen LogP contribution in [0.4, 0.5) is 0 Å². The number of rotatable bonds is 0. The lowest BCUT2D eigenvalue weighted by molar-refractivity contribution is 0.342. The van der Waals surface area contributed by atoms with Crippen LogP contribution in [-0.4, -0.2) is 0 Å². The Morgan fingerprint density at radius 3 is 1.45 bits per heavy atom. The molecule has 2 unspecified atom stereocenters. The number of fused-ring (bicyclic) bond motifs is 3. The van der Waals surface area contributed by atoms with Gasteiger partial charge in [0.2, 0.25) is 0 Å². The highest BCUT2D eigenvalue weighted by molar-refractivity contribution is 4.73. The second kappa shape index (κ2) is 3.60. The fraction of sp³-hybridized carbons (Fsp3) is 1.00. The van der Waals surface area contributed by atoms with Crippen molar-refractivity contribution >= 4 is 0 Å². The minimum atomic E-state index is 1.13. The van der Waals surface area contributed by atoms with Gasteiger partial charge in [-0.05, 0) is 11.8 Å². The molecule has 0 heteroatoms. The van der Waals surface area contributed by atoms with E-state index in [0.29, 0.717) is 0 Å². The van der Waals surface area contributed by atoms with Gasteiger partial charge in [0.1, 0.15) is 0 Å². The summed E-state index contributed by atoms with van der Waals surface area (Å²) in [5.41, 5.74) is 0. The summed E-state index contributed by atoms with van der Waals surface area (Å²) >= 11 is 0. The summed E-state index contributed by atoms with van der Waals surface area (Å²) in [6.07, 6.45) is 13.9. The Morgan fingerprint density at radius 2 is 0.909 bits per heavy atom. The van der Waals surface area contributed by atoms with E-state index < -0.39 is 0 Å². The van der Waals surface area contributed by atoms with Crippen molar-refractivity contribution in [3.05, 3.63) is 0 Å². The zero-order chi connectivity index (χ0) is 7.52. The Bertz CT molecular complexity index is 99.2. The van der Waals surface area contributed by atoms with Crippen molar-refractivity contribution in [2.75, 3.05) is 0 Å². The van der Waals surface area contributed by atoms with E-state index in [4.69, 9.17) is 0 Å². The maximum Gasteiger partial charge on any atom is -0.0414 e. The molecular weight excluding hydrogens is 132 g/mol. The first kappa shape index (κ1) is 7.64. The van der Waals surface area contributed by atoms with Crippen molar-refractivity contribution in [2.24, 2.45) is 11.8 Å². The molecule has 2 aliphatic rings. The summed E-state index contributed by atoms with van der Waals surface area (Å²) in [5, 5.41) is 0. The molecule has 2 fully saturated rings. The summed E-state index contributed by atoms with van der Waals surface area (Å²) in [7, 11) is 0. The third-order valence-corrected chi connectivity index (χ3v) is 3.68. The second-order valence-corrected chi connectivity index (χ2v) is 4.52. The molecule has 0 aromatic heterocycles. The minimum Gasteiger partial charge on any atom is -0.0530 e. The topological polar surface area (TPSA) is 0 Å². The van der Waals surface area contributed by atoms with Crippen LogP contribution >= 0.6 is 0 Å². The molecule has 0 spiro atoms. The minimum absolute atomic E-state index is 1.13. The molecule has 0 amide bonds. The van der Waals surface area contributed by atoms with Gasteiger partial charge in [-0.15, -0.1) is 0 Å². The van der Waals surface area contributed by atoms with Crippen LogP contribution in [0, 0.1) is 11.8 Å². The molecule has 0 saturated heterocycles. The van der Waals surface area contributed by atoms with Gasteiger partial charge in [-0.2, -0.15) is 0 Å². The van der Waals surface area contributed by atoms with E-state index in [-0.39, 0.29) is 0 Å². The highest BCUT2D eigenvalue weighted by Gasteiger charge is 2.20. The average Bonchev–Trinajstić information content (AvgIpc) is 2.11. The van der Waals surface area contributed by atoms with Gasteiger partial charge in [-0.25, -0.2) is 0 Å². The quantitative estimate of drug-likeness (QED) is 0.496. The maximum atomic E-state index is 1.56. The van der Waals surface area contributed by atoms with E-state index in [9.17, 15) is 0 Å². The van der Waals surface area contributed by atoms with Crippen molar-refractivity contribution in [2.45, 2.75) is 57.8 Å². The highest BCUT2D eigenvalue weighted by Crippen LogP contribution is 2.35. The van der Waals surface area contributed by atoms with Crippen LogP contribution in [-0.2, 0) is 0 Å². The normalized spacial score (nSPS) is 39.3. The van der Waals surface area contributed by atoms with Crippen LogP contribution in [0.2, 0.25) is 0 Å². The SMILES string of the molecule is C1CCC2CCCC(C1)CC2. The summed E-state index contributed by atoms with van der Waals surface area (Å²) in [4.78, 5) is 0. The molecule has 0 radical (unpaired) electrons. The molecule has 0 nitrogen and oxygen atoms in total. The predicted octanol–water partition coefficient (Wildman–Crippen LogP) is 3.76. The Balaban J connectivity index is 1.97. The Hall–Kier alpha value is 0. The van der Waals surface area contributed by atoms with Crippen molar-refractivity contribution < 1.29 is 0 Å². The standard InChI is InChI=1S/C11H20/c1-2-5-11-7-3-6-10(4-1)8-9-11/h10-11H,1-9H2. The van der Waals surface area contributed by atoms with E-state index in [1.54, 1.807) is 38.5 Å². The molecule has 0 heterocycles. The van der Waals surface area contributed by atoms with Gasteiger partial charge in [0, 0.05) is 0 Å². The van der Waals surface area contributed by atoms with Crippen molar-refractivity contribution in [3.63, 3.8) is 0 Å². The van der Waals surface area contributed by atoms with Crippen LogP contribution in [0.25, 0.3) is 0 Å². The fourth-order valence-corrected chi connectivity index (χ4v) is 2.90. The third-order valence-electron chi connectivity index (χ3n) is 3.68. The second-order valence-electron chi connectivity index (χ2n) is 4.52. The highest BCUT2D eigenvalue weighted by atomic mass is 14.3. The van der Waals surface area contributed by atoms with E-state index in [0.717, 1.165) is 11.8 Å². The molecule has 2 rings (SSSR count). The van der Waals surface area contributed by atoms with E-state index in [2.05, 4.69) is 0 Å². The number of hydrogen-bond acceptors (Lipinski definition) is 0. The lowest BCUT2D eigenvalue weighted by Crippen LogP contribution is -2.04. The molecule has 11 heavy (non-hydrogen) atoms. The molecule has 0 aliphatic heterocycles. The smallest absolute Gasteiger partial charge is 0.0414 e. The molecule has 0 N–H and O–H groups in total. The third kappa shape index (κ3) is 1.98. The molecule has 64 valence electrons. The predicted molar refractivity (Wildman–Crippen MR) is 48.5 cm³/mol. The van der Waals surface area contributed by atoms with Crippen LogP contribution in [0.3, 0.4) is 0 Å². The molecule has 2 aliphatic carbocycles.